The summed E-state index contributed by atoms with van der Waals surface area (Å²) in [6.45, 7) is 0. The summed E-state index contributed by atoms with van der Waals surface area (Å²) < 4.78 is 0. The van der Waals surface area contributed by atoms with Crippen molar-refractivity contribution in [1.29, 1.82) is 0 Å². The Hall–Kier alpha value is 2.21. The van der Waals surface area contributed by atoms with Crippen LogP contribution in [0.4, 0.5) is 0 Å². The first-order chi connectivity index (χ1) is 0. The molecule has 4 heavy (non-hydrogen) atoms. The summed E-state index contributed by atoms with van der Waals surface area (Å²) in [5, 5.41) is 0. The predicted octanol–water partition coefficient (Wildman–Crippen LogP) is -3.82. The van der Waals surface area contributed by atoms with E-state index in [1.165, 1.54) is 0 Å². The van der Waals surface area contributed by atoms with E-state index in [1.54, 1.807) is 0 Å². The number of hydrogen-bond donors (Lipinski definition) is 0. The zero-order valence-corrected chi connectivity index (χ0v) is 1.46. The van der Waals surface area contributed by atoms with E-state index in [1.807, 2.05) is 0 Å². The van der Waals surface area contributed by atoms with Crippen LogP contribution in [0.5, 0.6) is 0 Å². The van der Waals surface area contributed by atoms with E-state index in [-0.39, 0.29) is 76.7 Å². The molecule has 0 aliphatic rings. The Morgan fingerprint density at radius 1 is 0.750 bits per heavy atom. The Bertz CT molecular complexity index is 6.00. The van der Waals surface area contributed by atoms with Gasteiger partial charge in [0.1, 0.15) is 0 Å². The summed E-state index contributed by atoms with van der Waals surface area (Å²) in [5.41, 5.74) is 0. The van der Waals surface area contributed by atoms with Gasteiger partial charge in [0.05, 0.1) is 0 Å². The molecular formula is H10CaFeSi2. The van der Waals surface area contributed by atoms with Gasteiger partial charge in [0.2, 0.25) is 0 Å². The zero-order chi connectivity index (χ0) is 0. The minimum Gasteiger partial charge on any atom is -0.0149 e. The van der Waals surface area contributed by atoms with Gasteiger partial charge in [-0.3, -0.25) is 0 Å². The minimum atomic E-state index is 0. The third-order valence-corrected chi connectivity index (χ3v) is 0. The quantitative estimate of drug-likeness (QED) is 0.320. The van der Waals surface area contributed by atoms with Crippen molar-refractivity contribution in [2.24, 2.45) is 0 Å². The fraction of sp³-hybridized carbons (Fsp3) is 0. The fourth-order valence-corrected chi connectivity index (χ4v) is 0. The Morgan fingerprint density at radius 2 is 0.750 bits per heavy atom. The summed E-state index contributed by atoms with van der Waals surface area (Å²) in [6.07, 6.45) is 0. The smallest absolute Gasteiger partial charge is 0 e. The molecule has 0 saturated heterocycles. The molecule has 0 bridgehead atoms. The molecule has 0 aromatic carbocycles. The number of rotatable bonds is 0. The van der Waals surface area contributed by atoms with Crippen molar-refractivity contribution in [2.45, 2.75) is 0 Å². The first-order valence-electron chi connectivity index (χ1n) is 0. The van der Waals surface area contributed by atoms with Gasteiger partial charge in [0.15, 0.2) is 0 Å². The zero-order valence-electron chi connectivity index (χ0n) is 0.354. The van der Waals surface area contributed by atoms with Gasteiger partial charge in [-0.1, -0.05) is 0 Å². The molecule has 0 atom stereocenters. The van der Waals surface area contributed by atoms with Gasteiger partial charge >= 0.3 is 37.7 Å². The Balaban J connectivity index is 0. The molecule has 0 N–H and O–H groups in total. The monoisotopic (exact) mass is 162 g/mol. The van der Waals surface area contributed by atoms with Crippen molar-refractivity contribution in [3.63, 3.8) is 0 Å². The van der Waals surface area contributed by atoms with Crippen LogP contribution < -0.4 is 0 Å². The van der Waals surface area contributed by atoms with Gasteiger partial charge in [-0.15, -0.1) is 0 Å². The van der Waals surface area contributed by atoms with Crippen molar-refractivity contribution >= 4 is 59.7 Å². The molecule has 0 rings (SSSR count). The van der Waals surface area contributed by atoms with E-state index < -0.39 is 0 Å². The van der Waals surface area contributed by atoms with Crippen LogP contribution in [0.1, 0.15) is 0 Å². The van der Waals surface area contributed by atoms with Crippen LogP contribution in [-0.2, 0) is 17.1 Å². The maximum Gasteiger partial charge on any atom is 0 e. The van der Waals surface area contributed by atoms with Gasteiger partial charge in [-0.2, -0.15) is 0 Å². The van der Waals surface area contributed by atoms with Crippen LogP contribution in [0, 0.1) is 0 Å². The molecule has 0 spiro atoms. The standard InChI is InChI=1S/Ca.Fe.2H4Si.2H/h;;2*1H4;;. The van der Waals surface area contributed by atoms with Crippen LogP contribution in [-0.4, -0.2) is 59.7 Å². The van der Waals surface area contributed by atoms with Gasteiger partial charge in [-0.05, 0) is 21.9 Å². The molecule has 0 aliphatic carbocycles. The molecule has 0 nitrogen and oxygen atoms in total. The SMILES string of the molecule is [CaH2].[Fe].[SiH4].[SiH4]. The predicted molar refractivity (Wildman–Crippen MR) is 31.2 cm³/mol. The van der Waals surface area contributed by atoms with E-state index in [0.29, 0.717) is 0 Å². The molecule has 4 heteroatoms. The molecule has 0 aromatic heterocycles. The molecule has 0 unspecified atom stereocenters. The van der Waals surface area contributed by atoms with Crippen LogP contribution in [0.15, 0.2) is 0 Å². The first kappa shape index (κ1) is 34.5. The molecule has 0 aliphatic heterocycles. The van der Waals surface area contributed by atoms with E-state index in [2.05, 4.69) is 0 Å². The number of hydrogen-bond acceptors (Lipinski definition) is 0. The molecule has 0 aromatic rings. The van der Waals surface area contributed by atoms with Crippen molar-refractivity contribution < 1.29 is 17.1 Å². The molecule has 0 radical (unpaired) electrons. The van der Waals surface area contributed by atoms with Crippen LogP contribution >= 0.6 is 0 Å². The fourth-order valence-electron chi connectivity index (χ4n) is 0. The van der Waals surface area contributed by atoms with Crippen molar-refractivity contribution in [2.75, 3.05) is 0 Å². The maximum atomic E-state index is 0. The molecule has 0 amide bonds. The van der Waals surface area contributed by atoms with E-state index >= 15 is 0 Å². The summed E-state index contributed by atoms with van der Waals surface area (Å²) >= 11 is 0. The average molecular weight is 162 g/mol. The van der Waals surface area contributed by atoms with Gasteiger partial charge < -0.3 is 0 Å². The van der Waals surface area contributed by atoms with Gasteiger partial charge in [-0.25, -0.2) is 0 Å². The first-order valence-corrected chi connectivity index (χ1v) is 0. The van der Waals surface area contributed by atoms with Gasteiger partial charge in [0.25, 0.3) is 0 Å². The van der Waals surface area contributed by atoms with Crippen LogP contribution in [0.25, 0.3) is 0 Å². The van der Waals surface area contributed by atoms with Crippen LogP contribution in [0.3, 0.4) is 0 Å². The minimum absolute atomic E-state index is 0. The largest absolute Gasteiger partial charge is 0.0149 e. The van der Waals surface area contributed by atoms with E-state index in [4.69, 9.17) is 0 Å². The second-order valence-electron chi connectivity index (χ2n) is 0. The summed E-state index contributed by atoms with van der Waals surface area (Å²) in [4.78, 5) is 0. The molecule has 28 valence electrons. The Kier molecular flexibility index (Phi) is 163. The molecular weight excluding hydrogens is 152 g/mol. The van der Waals surface area contributed by atoms with Crippen molar-refractivity contribution in [3.05, 3.63) is 0 Å². The summed E-state index contributed by atoms with van der Waals surface area (Å²) in [5.74, 6) is 0. The van der Waals surface area contributed by atoms with E-state index in [0.717, 1.165) is 0 Å². The van der Waals surface area contributed by atoms with Crippen molar-refractivity contribution in [1.82, 2.24) is 0 Å². The van der Waals surface area contributed by atoms with E-state index in [9.17, 15) is 0 Å². The Labute approximate surface area is 75.6 Å². The second kappa shape index (κ2) is 18.9. The summed E-state index contributed by atoms with van der Waals surface area (Å²) in [7, 11) is 0. The molecule has 0 saturated carbocycles. The Morgan fingerprint density at radius 3 is 0.750 bits per heavy atom. The van der Waals surface area contributed by atoms with Crippen molar-refractivity contribution in [3.8, 4) is 0 Å². The van der Waals surface area contributed by atoms with Crippen LogP contribution in [0.2, 0.25) is 0 Å². The third kappa shape index (κ3) is 8.88. The average Bonchev–Trinajstić information content (AvgIpc) is 0. The second-order valence-corrected chi connectivity index (χ2v) is 0. The topological polar surface area (TPSA) is 0 Å². The molecule has 0 fully saturated rings. The molecule has 0 heterocycles. The van der Waals surface area contributed by atoms with Gasteiger partial charge in [0, 0.05) is 17.1 Å². The third-order valence-electron chi connectivity index (χ3n) is 0. The summed E-state index contributed by atoms with van der Waals surface area (Å²) in [6, 6.07) is 0. The normalized spacial score (nSPS) is 0. The maximum absolute atomic E-state index is 0.